The van der Waals surface area contributed by atoms with Crippen molar-refractivity contribution in [3.63, 3.8) is 0 Å². The van der Waals surface area contributed by atoms with Crippen LogP contribution in [-0.2, 0) is 19.1 Å². The van der Waals surface area contributed by atoms with Gasteiger partial charge in [-0.05, 0) is 47.0 Å². The van der Waals surface area contributed by atoms with Crippen LogP contribution in [-0.4, -0.2) is 48.5 Å². The number of ether oxygens (including phenoxy) is 2. The van der Waals surface area contributed by atoms with Crippen molar-refractivity contribution in [1.82, 2.24) is 4.90 Å². The first kappa shape index (κ1) is 18.4. The van der Waals surface area contributed by atoms with Gasteiger partial charge in [-0.2, -0.15) is 0 Å². The van der Waals surface area contributed by atoms with E-state index in [2.05, 4.69) is 11.7 Å². The van der Waals surface area contributed by atoms with E-state index in [9.17, 15) is 14.4 Å². The normalized spacial score (nSPS) is 18.4. The molecule has 1 fully saturated rings. The number of carbonyl (C=O) groups is 3. The average Bonchev–Trinajstić information content (AvgIpc) is 2.35. The molecule has 0 aromatic rings. The summed E-state index contributed by atoms with van der Waals surface area (Å²) in [5.74, 6) is 0. The van der Waals surface area contributed by atoms with Gasteiger partial charge in [-0.15, -0.1) is 0 Å². The summed E-state index contributed by atoms with van der Waals surface area (Å²) in [6, 6.07) is 0.332. The Kier molecular flexibility index (Phi) is 8.59. The highest BCUT2D eigenvalue weighted by Gasteiger charge is 2.27. The highest BCUT2D eigenvalue weighted by atomic mass is 16.6. The summed E-state index contributed by atoms with van der Waals surface area (Å²) < 4.78 is 9.27. The monoisotopic (exact) mass is 287 g/mol. The molecule has 0 aromatic carbocycles. The van der Waals surface area contributed by atoms with Gasteiger partial charge in [-0.25, -0.2) is 4.79 Å². The summed E-state index contributed by atoms with van der Waals surface area (Å²) in [6.45, 7) is 8.73. The fourth-order valence-corrected chi connectivity index (χ4v) is 1.77. The van der Waals surface area contributed by atoms with Crippen molar-refractivity contribution in [3.8, 4) is 0 Å². The molecule has 116 valence electrons. The van der Waals surface area contributed by atoms with Gasteiger partial charge in [0, 0.05) is 12.6 Å². The van der Waals surface area contributed by atoms with Crippen molar-refractivity contribution >= 4 is 18.9 Å². The first-order valence-corrected chi connectivity index (χ1v) is 6.80. The maximum atomic E-state index is 11.7. The van der Waals surface area contributed by atoms with Gasteiger partial charge >= 0.3 is 6.09 Å². The fourth-order valence-electron chi connectivity index (χ4n) is 1.77. The maximum Gasteiger partial charge on any atom is 0.410 e. The lowest BCUT2D eigenvalue weighted by molar-refractivity contribution is -0.132. The minimum absolute atomic E-state index is 0.135. The van der Waals surface area contributed by atoms with Crippen molar-refractivity contribution in [2.75, 3.05) is 13.2 Å². The molecular weight excluding hydrogens is 262 g/mol. The van der Waals surface area contributed by atoms with E-state index < -0.39 is 0 Å². The Bertz CT molecular complexity index is 303. The van der Waals surface area contributed by atoms with Gasteiger partial charge in [0.1, 0.15) is 12.2 Å². The zero-order valence-electron chi connectivity index (χ0n) is 12.8. The lowest BCUT2D eigenvalue weighted by atomic mass is 10.0. The highest BCUT2D eigenvalue weighted by Crippen LogP contribution is 2.19. The summed E-state index contributed by atoms with van der Waals surface area (Å²) in [5.41, 5.74) is -0.381. The molecule has 0 saturated carbocycles. The summed E-state index contributed by atoms with van der Waals surface area (Å²) >= 11 is 0. The number of likely N-dealkylation sites (tertiary alicyclic amines) is 1. The SMILES string of the molecule is CC1CCCCN1C(=O)OC(C)(C)C.O=CCOC=O. The number of carbonyl (C=O) groups excluding carboxylic acids is 3. The van der Waals surface area contributed by atoms with E-state index in [1.807, 2.05) is 25.7 Å². The molecule has 1 rings (SSSR count). The lowest BCUT2D eigenvalue weighted by Crippen LogP contribution is -2.44. The van der Waals surface area contributed by atoms with Crippen LogP contribution in [0.1, 0.15) is 47.0 Å². The first-order valence-electron chi connectivity index (χ1n) is 6.80. The number of rotatable bonds is 3. The van der Waals surface area contributed by atoms with Gasteiger partial charge < -0.3 is 14.4 Å². The molecule has 1 saturated heterocycles. The predicted octanol–water partition coefficient (Wildman–Crippen LogP) is 2.15. The minimum Gasteiger partial charge on any atom is -0.460 e. The molecule has 0 bridgehead atoms. The second-order valence-electron chi connectivity index (χ2n) is 5.61. The number of nitrogens with zero attached hydrogens (tertiary/aromatic N) is 1. The fraction of sp³-hybridized carbons (Fsp3) is 0.786. The van der Waals surface area contributed by atoms with E-state index in [4.69, 9.17) is 4.74 Å². The quantitative estimate of drug-likeness (QED) is 0.587. The van der Waals surface area contributed by atoms with Gasteiger partial charge in [0.05, 0.1) is 0 Å². The molecule has 6 nitrogen and oxygen atoms in total. The van der Waals surface area contributed by atoms with Crippen LogP contribution in [0.4, 0.5) is 4.79 Å². The lowest BCUT2D eigenvalue weighted by Gasteiger charge is -2.34. The minimum atomic E-state index is -0.381. The maximum absolute atomic E-state index is 11.7. The van der Waals surface area contributed by atoms with E-state index >= 15 is 0 Å². The molecular formula is C14H25NO5. The second-order valence-corrected chi connectivity index (χ2v) is 5.61. The molecule has 1 atom stereocenters. The molecule has 1 amide bonds. The Morgan fingerprint density at radius 1 is 1.30 bits per heavy atom. The van der Waals surface area contributed by atoms with Crippen molar-refractivity contribution < 1.29 is 23.9 Å². The first-order chi connectivity index (χ1) is 9.31. The second kappa shape index (κ2) is 9.34. The van der Waals surface area contributed by atoms with E-state index in [1.54, 1.807) is 0 Å². The molecule has 20 heavy (non-hydrogen) atoms. The summed E-state index contributed by atoms with van der Waals surface area (Å²) in [6.07, 6.45) is 3.77. The van der Waals surface area contributed by atoms with Gasteiger partial charge in [0.2, 0.25) is 0 Å². The van der Waals surface area contributed by atoms with Crippen molar-refractivity contribution in [2.45, 2.75) is 58.6 Å². The van der Waals surface area contributed by atoms with E-state index in [-0.39, 0.29) is 24.8 Å². The van der Waals surface area contributed by atoms with Crippen LogP contribution in [0.5, 0.6) is 0 Å². The van der Waals surface area contributed by atoms with Gasteiger partial charge in [0.15, 0.2) is 6.29 Å². The van der Waals surface area contributed by atoms with E-state index in [0.717, 1.165) is 19.4 Å². The van der Waals surface area contributed by atoms with Crippen LogP contribution in [0, 0.1) is 0 Å². The van der Waals surface area contributed by atoms with E-state index in [0.29, 0.717) is 12.3 Å². The van der Waals surface area contributed by atoms with Gasteiger partial charge in [-0.1, -0.05) is 0 Å². The molecule has 1 unspecified atom stereocenters. The number of hydrogen-bond acceptors (Lipinski definition) is 5. The van der Waals surface area contributed by atoms with Crippen LogP contribution < -0.4 is 0 Å². The molecule has 6 heteroatoms. The Morgan fingerprint density at radius 3 is 2.35 bits per heavy atom. The highest BCUT2D eigenvalue weighted by molar-refractivity contribution is 5.68. The van der Waals surface area contributed by atoms with Gasteiger partial charge in [0.25, 0.3) is 6.47 Å². The third kappa shape index (κ3) is 8.50. The smallest absolute Gasteiger partial charge is 0.410 e. The largest absolute Gasteiger partial charge is 0.460 e. The molecule has 0 spiro atoms. The van der Waals surface area contributed by atoms with Crippen molar-refractivity contribution in [1.29, 1.82) is 0 Å². The molecule has 1 aliphatic rings. The molecule has 0 N–H and O–H groups in total. The molecule has 0 aliphatic carbocycles. The Morgan fingerprint density at radius 2 is 1.95 bits per heavy atom. The number of piperidine rings is 1. The Balaban J connectivity index is 0.000000511. The topological polar surface area (TPSA) is 72.9 Å². The number of amides is 1. The number of hydrogen-bond donors (Lipinski definition) is 0. The van der Waals surface area contributed by atoms with Crippen LogP contribution >= 0.6 is 0 Å². The zero-order valence-corrected chi connectivity index (χ0v) is 12.8. The zero-order chi connectivity index (χ0) is 15.6. The predicted molar refractivity (Wildman–Crippen MR) is 74.3 cm³/mol. The van der Waals surface area contributed by atoms with Gasteiger partial charge in [-0.3, -0.25) is 9.59 Å². The molecule has 0 aromatic heterocycles. The van der Waals surface area contributed by atoms with Crippen molar-refractivity contribution in [2.24, 2.45) is 0 Å². The number of aldehydes is 1. The molecule has 1 heterocycles. The summed E-state index contributed by atoms with van der Waals surface area (Å²) in [7, 11) is 0. The summed E-state index contributed by atoms with van der Waals surface area (Å²) in [4.78, 5) is 32.0. The third-order valence-electron chi connectivity index (χ3n) is 2.66. The Labute approximate surface area is 120 Å². The average molecular weight is 287 g/mol. The molecule has 1 aliphatic heterocycles. The Hall–Kier alpha value is -1.59. The van der Waals surface area contributed by atoms with Crippen molar-refractivity contribution in [3.05, 3.63) is 0 Å². The van der Waals surface area contributed by atoms with Crippen LogP contribution in [0.3, 0.4) is 0 Å². The summed E-state index contributed by atoms with van der Waals surface area (Å²) in [5, 5.41) is 0. The standard InChI is InChI=1S/C11H21NO2.C3H4O3/c1-9-7-5-6-8-12(9)10(13)14-11(2,3)4;4-1-2-6-3-5/h9H,5-8H2,1-4H3;1,3H,2H2. The van der Waals surface area contributed by atoms with E-state index in [1.165, 1.54) is 6.42 Å². The van der Waals surface area contributed by atoms with Crippen LogP contribution in [0.15, 0.2) is 0 Å². The van der Waals surface area contributed by atoms with Crippen LogP contribution in [0.25, 0.3) is 0 Å². The third-order valence-corrected chi connectivity index (χ3v) is 2.66. The van der Waals surface area contributed by atoms with Crippen LogP contribution in [0.2, 0.25) is 0 Å². The molecule has 0 radical (unpaired) electrons.